The van der Waals surface area contributed by atoms with E-state index in [1.54, 1.807) is 125 Å². The second-order valence-electron chi connectivity index (χ2n) is 9.33. The van der Waals surface area contributed by atoms with E-state index in [0.717, 1.165) is 0 Å². The molecule has 0 aliphatic carbocycles. The zero-order valence-electron chi connectivity index (χ0n) is 21.4. The maximum atomic E-state index is 14.7. The number of carbonyl (C=O) groups excluding carboxylic acids is 4. The van der Waals surface area contributed by atoms with Gasteiger partial charge in [0.05, 0.1) is 0 Å². The normalized spacial score (nSPS) is 11.1. The molecule has 0 atom stereocenters. The Morgan fingerprint density at radius 2 is 0.568 bits per heavy atom. The van der Waals surface area contributed by atoms with Gasteiger partial charge in [0, 0.05) is 0 Å². The fraction of sp³-hybridized carbons (Fsp3) is 0.125. The summed E-state index contributed by atoms with van der Waals surface area (Å²) in [5, 5.41) is 0. The van der Waals surface area contributed by atoms with E-state index >= 15 is 0 Å². The van der Waals surface area contributed by atoms with E-state index in [1.807, 2.05) is 0 Å². The van der Waals surface area contributed by atoms with Crippen molar-refractivity contribution in [2.45, 2.75) is 27.7 Å². The minimum atomic E-state index is -5.99. The van der Waals surface area contributed by atoms with Crippen LogP contribution in [0, 0.1) is 27.7 Å². The first kappa shape index (κ1) is 26.4. The van der Waals surface area contributed by atoms with Crippen molar-refractivity contribution in [3.8, 4) is 0 Å². The summed E-state index contributed by atoms with van der Waals surface area (Å²) in [5.74, 6) is 0. The van der Waals surface area contributed by atoms with Gasteiger partial charge in [-0.25, -0.2) is 0 Å². The van der Waals surface area contributed by atoms with Crippen molar-refractivity contribution in [2.24, 2.45) is 0 Å². The molecule has 0 aliphatic rings. The fourth-order valence-corrected chi connectivity index (χ4v) is 16.1. The third kappa shape index (κ3) is 4.62. The topological polar surface area (TPSA) is 68.3 Å². The second kappa shape index (κ2) is 10.8. The van der Waals surface area contributed by atoms with Gasteiger partial charge in [0.15, 0.2) is 0 Å². The molecule has 37 heavy (non-hydrogen) atoms. The molecule has 184 valence electrons. The number of hydrogen-bond acceptors (Lipinski definition) is 4. The first-order valence-electron chi connectivity index (χ1n) is 12.1. The molecule has 0 heterocycles. The van der Waals surface area contributed by atoms with Gasteiger partial charge >= 0.3 is 222 Å². The molecule has 4 rings (SSSR count). The molecule has 5 heteroatoms. The Bertz CT molecular complexity index is 1310. The average molecular weight is 595 g/mol. The summed E-state index contributed by atoms with van der Waals surface area (Å²) >= 11 is -5.99. The Morgan fingerprint density at radius 1 is 0.378 bits per heavy atom. The molecule has 0 saturated carbocycles. The monoisotopic (exact) mass is 596 g/mol. The standard InChI is InChI=1S/4C8H7O.Sn/c4*1-7-4-2-3-5-8(7)6-9;/h4*2-5H,1H3;. The van der Waals surface area contributed by atoms with Gasteiger partial charge in [-0.3, -0.25) is 0 Å². The predicted octanol–water partition coefficient (Wildman–Crippen LogP) is 6.36. The van der Waals surface area contributed by atoms with Crippen LogP contribution in [0.25, 0.3) is 0 Å². The second-order valence-corrected chi connectivity index (χ2v) is 18.8. The van der Waals surface area contributed by atoms with Crippen molar-refractivity contribution < 1.29 is 19.2 Å². The van der Waals surface area contributed by atoms with E-state index in [4.69, 9.17) is 0 Å². The summed E-state index contributed by atoms with van der Waals surface area (Å²) in [7, 11) is 0. The first-order chi connectivity index (χ1) is 17.7. The molecule has 0 bridgehead atoms. The van der Waals surface area contributed by atoms with Crippen LogP contribution in [0.15, 0.2) is 97.1 Å². The van der Waals surface area contributed by atoms with Crippen LogP contribution in [0.4, 0.5) is 0 Å². The third-order valence-corrected chi connectivity index (χ3v) is 17.8. The molecular weight excluding hydrogens is 567 g/mol. The van der Waals surface area contributed by atoms with Crippen molar-refractivity contribution in [1.29, 1.82) is 0 Å². The number of carbonyl (C=O) groups is 4. The van der Waals surface area contributed by atoms with Crippen molar-refractivity contribution >= 4 is 33.6 Å². The van der Waals surface area contributed by atoms with Crippen LogP contribution in [-0.2, 0) is 0 Å². The van der Waals surface area contributed by atoms with E-state index in [2.05, 4.69) is 0 Å². The molecule has 0 aliphatic heterocycles. The van der Waals surface area contributed by atoms with E-state index in [-0.39, 0.29) is 22.3 Å². The maximum absolute atomic E-state index is 14.7. The average Bonchev–Trinajstić information content (AvgIpc) is 2.89. The first-order valence-corrected chi connectivity index (χ1v) is 17.8. The molecule has 4 aromatic rings. The van der Waals surface area contributed by atoms with E-state index in [0.29, 0.717) is 22.3 Å². The number of rotatable bonds is 8. The van der Waals surface area contributed by atoms with Crippen LogP contribution in [0.2, 0.25) is 0 Å². The minimum absolute atomic E-state index is 0.254. The third-order valence-electron chi connectivity index (χ3n) is 6.92. The van der Waals surface area contributed by atoms with Crippen molar-refractivity contribution in [3.63, 3.8) is 0 Å². The van der Waals surface area contributed by atoms with Gasteiger partial charge in [0.25, 0.3) is 0 Å². The molecule has 0 unspecified atom stereocenters. The molecule has 0 fully saturated rings. The Hall–Kier alpha value is -3.64. The van der Waals surface area contributed by atoms with Gasteiger partial charge in [-0.2, -0.15) is 0 Å². The molecule has 0 N–H and O–H groups in total. The van der Waals surface area contributed by atoms with Crippen LogP contribution in [0.3, 0.4) is 0 Å². The van der Waals surface area contributed by atoms with Gasteiger partial charge in [0.1, 0.15) is 0 Å². The van der Waals surface area contributed by atoms with Crippen LogP contribution in [0.1, 0.15) is 63.7 Å². The van der Waals surface area contributed by atoms with E-state index in [1.165, 1.54) is 0 Å². The number of hydrogen-bond donors (Lipinski definition) is 0. The SMILES string of the molecule is Cc1ccccc1[C](=O)[Sn]([C](=O)c1ccccc1C)([C](=O)c1ccccc1C)[C](=O)c1ccccc1C. The zero-order valence-corrected chi connectivity index (χ0v) is 24.2. The fourth-order valence-electron chi connectivity index (χ4n) is 4.74. The van der Waals surface area contributed by atoms with Gasteiger partial charge < -0.3 is 0 Å². The van der Waals surface area contributed by atoms with Gasteiger partial charge in [0.2, 0.25) is 0 Å². The quantitative estimate of drug-likeness (QED) is 0.223. The molecule has 0 saturated heterocycles. The Morgan fingerprint density at radius 3 is 0.757 bits per heavy atom. The number of benzene rings is 4. The van der Waals surface area contributed by atoms with Crippen LogP contribution < -0.4 is 0 Å². The summed E-state index contributed by atoms with van der Waals surface area (Å²) in [6.07, 6.45) is 0. The molecule has 0 spiro atoms. The molecule has 0 amide bonds. The molecular formula is C32H28O4Sn. The summed E-state index contributed by atoms with van der Waals surface area (Å²) < 4.78 is -2.44. The van der Waals surface area contributed by atoms with E-state index in [9.17, 15) is 19.2 Å². The van der Waals surface area contributed by atoms with Gasteiger partial charge in [-0.05, 0) is 0 Å². The molecule has 4 aromatic carbocycles. The van der Waals surface area contributed by atoms with Crippen molar-refractivity contribution in [1.82, 2.24) is 0 Å². The van der Waals surface area contributed by atoms with Crippen LogP contribution in [0.5, 0.6) is 0 Å². The van der Waals surface area contributed by atoms with Gasteiger partial charge in [-0.15, -0.1) is 0 Å². The summed E-state index contributed by atoms with van der Waals surface area (Å²) in [6, 6.07) is 27.5. The number of aryl methyl sites for hydroxylation is 4. The Kier molecular flexibility index (Phi) is 7.69. The summed E-state index contributed by atoms with van der Waals surface area (Å²) in [6.45, 7) is 7.05. The Labute approximate surface area is 221 Å². The van der Waals surface area contributed by atoms with Crippen LogP contribution >= 0.6 is 0 Å². The van der Waals surface area contributed by atoms with Crippen molar-refractivity contribution in [3.05, 3.63) is 142 Å². The molecule has 0 radical (unpaired) electrons. The van der Waals surface area contributed by atoms with E-state index < -0.39 is 33.6 Å². The zero-order chi connectivity index (χ0) is 26.7. The summed E-state index contributed by atoms with van der Waals surface area (Å²) in [4.78, 5) is 58.8. The van der Waals surface area contributed by atoms with Crippen LogP contribution in [-0.4, -0.2) is 33.6 Å². The summed E-state index contributed by atoms with van der Waals surface area (Å²) in [5.41, 5.74) is 3.52. The molecule has 0 aromatic heterocycles. The van der Waals surface area contributed by atoms with Gasteiger partial charge in [-0.1, -0.05) is 0 Å². The van der Waals surface area contributed by atoms with Crippen molar-refractivity contribution in [2.75, 3.05) is 0 Å². The molecule has 4 nitrogen and oxygen atoms in total. The Balaban J connectivity index is 2.15. The predicted molar refractivity (Wildman–Crippen MR) is 148 cm³/mol.